The van der Waals surface area contributed by atoms with Gasteiger partial charge in [0.25, 0.3) is 0 Å². The van der Waals surface area contributed by atoms with Crippen LogP contribution in [-0.2, 0) is 11.3 Å². The number of ether oxygens (including phenoxy) is 1. The second-order valence-electron chi connectivity index (χ2n) is 5.87. The minimum atomic E-state index is 0.328. The summed E-state index contributed by atoms with van der Waals surface area (Å²) in [4.78, 5) is 2.63. The van der Waals surface area contributed by atoms with Crippen LogP contribution in [0.2, 0.25) is 0 Å². The summed E-state index contributed by atoms with van der Waals surface area (Å²) in [5.41, 5.74) is 8.67. The molecule has 1 fully saturated rings. The van der Waals surface area contributed by atoms with Gasteiger partial charge in [0, 0.05) is 31.8 Å². The van der Waals surface area contributed by atoms with Crippen molar-refractivity contribution >= 4 is 0 Å². The van der Waals surface area contributed by atoms with Gasteiger partial charge in [0.05, 0.1) is 6.61 Å². The first-order valence-corrected chi connectivity index (χ1v) is 7.76. The number of nitrogens with two attached hydrogens (primary N) is 1. The lowest BCUT2D eigenvalue weighted by molar-refractivity contribution is 0.136. The van der Waals surface area contributed by atoms with Gasteiger partial charge in [0.2, 0.25) is 0 Å². The van der Waals surface area contributed by atoms with Gasteiger partial charge in [-0.25, -0.2) is 0 Å². The van der Waals surface area contributed by atoms with Crippen LogP contribution in [0.1, 0.15) is 50.3 Å². The normalized spacial score (nSPS) is 25.0. The van der Waals surface area contributed by atoms with Crippen molar-refractivity contribution in [2.24, 2.45) is 5.73 Å². The Morgan fingerprint density at radius 3 is 2.85 bits per heavy atom. The monoisotopic (exact) mass is 276 g/mol. The van der Waals surface area contributed by atoms with Crippen LogP contribution in [0.5, 0.6) is 0 Å². The molecule has 2 N–H and O–H groups in total. The summed E-state index contributed by atoms with van der Waals surface area (Å²) < 4.78 is 5.24. The molecule has 0 bridgehead atoms. The molecule has 1 saturated heterocycles. The van der Waals surface area contributed by atoms with E-state index in [1.54, 1.807) is 7.11 Å². The van der Waals surface area contributed by atoms with E-state index >= 15 is 0 Å². The van der Waals surface area contributed by atoms with Crippen molar-refractivity contribution in [2.45, 2.75) is 57.8 Å². The first kappa shape index (κ1) is 15.5. The topological polar surface area (TPSA) is 38.5 Å². The molecule has 1 aliphatic rings. The molecule has 0 aromatic heterocycles. The number of likely N-dealkylation sites (tertiary alicyclic amines) is 1. The van der Waals surface area contributed by atoms with Crippen LogP contribution in [0.3, 0.4) is 0 Å². The Morgan fingerprint density at radius 2 is 2.20 bits per heavy atom. The van der Waals surface area contributed by atoms with E-state index in [0.717, 1.165) is 0 Å². The smallest absolute Gasteiger partial charge is 0.0713 e. The Bertz CT molecular complexity index is 421. The first-order valence-electron chi connectivity index (χ1n) is 7.76. The Balaban J connectivity index is 2.24. The fraction of sp³-hybridized carbons (Fsp3) is 0.647. The molecular weight excluding hydrogens is 248 g/mol. The molecule has 2 rings (SSSR count). The van der Waals surface area contributed by atoms with Crippen molar-refractivity contribution in [2.75, 3.05) is 13.7 Å². The van der Waals surface area contributed by atoms with Crippen molar-refractivity contribution in [3.63, 3.8) is 0 Å². The second kappa shape index (κ2) is 7.21. The quantitative estimate of drug-likeness (QED) is 0.867. The molecule has 0 radical (unpaired) electrons. The van der Waals surface area contributed by atoms with E-state index in [9.17, 15) is 0 Å². The highest BCUT2D eigenvalue weighted by Gasteiger charge is 2.34. The molecule has 3 heteroatoms. The van der Waals surface area contributed by atoms with E-state index in [1.165, 1.54) is 30.4 Å². The Kier molecular flexibility index (Phi) is 5.58. The third-order valence-corrected chi connectivity index (χ3v) is 4.55. The fourth-order valence-corrected chi connectivity index (χ4v) is 3.55. The van der Waals surface area contributed by atoms with Crippen LogP contribution in [0.4, 0.5) is 0 Å². The molecule has 0 spiro atoms. The molecule has 0 aliphatic carbocycles. The molecule has 112 valence electrons. The highest BCUT2D eigenvalue weighted by atomic mass is 16.5. The number of hydrogen-bond acceptors (Lipinski definition) is 3. The summed E-state index contributed by atoms with van der Waals surface area (Å²) in [7, 11) is 1.74. The molecular formula is C17H28N2O. The van der Waals surface area contributed by atoms with Gasteiger partial charge >= 0.3 is 0 Å². The Labute approximate surface area is 123 Å². The van der Waals surface area contributed by atoms with Gasteiger partial charge in [0.1, 0.15) is 0 Å². The van der Waals surface area contributed by atoms with Crippen LogP contribution in [0, 0.1) is 0 Å². The minimum absolute atomic E-state index is 0.328. The van der Waals surface area contributed by atoms with Gasteiger partial charge < -0.3 is 10.5 Å². The standard InChI is InChI=1S/C17H28N2O/c1-4-16-9-8-13(2)19(16)17(11-18)15-7-5-6-14(10-15)12-20-3/h5-7,10,13,16-17H,4,8-9,11-12,18H2,1-3H3. The molecule has 3 nitrogen and oxygen atoms in total. The van der Waals surface area contributed by atoms with Crippen LogP contribution < -0.4 is 5.73 Å². The average molecular weight is 276 g/mol. The van der Waals surface area contributed by atoms with Crippen LogP contribution >= 0.6 is 0 Å². The molecule has 0 amide bonds. The van der Waals surface area contributed by atoms with Crippen LogP contribution in [0.15, 0.2) is 24.3 Å². The molecule has 1 aliphatic heterocycles. The average Bonchev–Trinajstić information content (AvgIpc) is 2.82. The van der Waals surface area contributed by atoms with Gasteiger partial charge in [-0.15, -0.1) is 0 Å². The van der Waals surface area contributed by atoms with E-state index in [0.29, 0.717) is 31.3 Å². The van der Waals surface area contributed by atoms with Gasteiger partial charge in [-0.3, -0.25) is 4.90 Å². The maximum absolute atomic E-state index is 6.11. The molecule has 1 heterocycles. The fourth-order valence-electron chi connectivity index (χ4n) is 3.55. The first-order chi connectivity index (χ1) is 9.71. The summed E-state index contributed by atoms with van der Waals surface area (Å²) in [5, 5.41) is 0. The third-order valence-electron chi connectivity index (χ3n) is 4.55. The maximum atomic E-state index is 6.11. The maximum Gasteiger partial charge on any atom is 0.0713 e. The highest BCUT2D eigenvalue weighted by molar-refractivity contribution is 5.26. The van der Waals surface area contributed by atoms with E-state index in [2.05, 4.69) is 43.0 Å². The second-order valence-corrected chi connectivity index (χ2v) is 5.87. The zero-order valence-corrected chi connectivity index (χ0v) is 13.0. The number of hydrogen-bond donors (Lipinski definition) is 1. The highest BCUT2D eigenvalue weighted by Crippen LogP contribution is 2.34. The van der Waals surface area contributed by atoms with Crippen molar-refractivity contribution < 1.29 is 4.74 Å². The molecule has 0 saturated carbocycles. The lowest BCUT2D eigenvalue weighted by Crippen LogP contribution is -2.41. The Hall–Kier alpha value is -0.900. The zero-order chi connectivity index (χ0) is 14.5. The number of benzene rings is 1. The lowest BCUT2D eigenvalue weighted by Gasteiger charge is -2.36. The van der Waals surface area contributed by atoms with E-state index in [4.69, 9.17) is 10.5 Å². The van der Waals surface area contributed by atoms with Crippen molar-refractivity contribution in [1.82, 2.24) is 4.90 Å². The number of methoxy groups -OCH3 is 1. The zero-order valence-electron chi connectivity index (χ0n) is 13.0. The number of rotatable bonds is 6. The molecule has 1 aromatic carbocycles. The van der Waals surface area contributed by atoms with Crippen molar-refractivity contribution in [1.29, 1.82) is 0 Å². The summed E-state index contributed by atoms with van der Waals surface area (Å²) >= 11 is 0. The Morgan fingerprint density at radius 1 is 1.40 bits per heavy atom. The SMILES string of the molecule is CCC1CCC(C)N1C(CN)c1cccc(COC)c1. The summed E-state index contributed by atoms with van der Waals surface area (Å²) in [6, 6.07) is 10.3. The molecule has 3 atom stereocenters. The minimum Gasteiger partial charge on any atom is -0.380 e. The lowest BCUT2D eigenvalue weighted by atomic mass is 10.0. The third kappa shape index (κ3) is 3.22. The van der Waals surface area contributed by atoms with E-state index < -0.39 is 0 Å². The predicted octanol–water partition coefficient (Wildman–Crippen LogP) is 3.10. The summed E-state index contributed by atoms with van der Waals surface area (Å²) in [6.07, 6.45) is 3.79. The van der Waals surface area contributed by atoms with E-state index in [1.807, 2.05) is 0 Å². The van der Waals surface area contributed by atoms with Crippen LogP contribution in [0.25, 0.3) is 0 Å². The molecule has 3 unspecified atom stereocenters. The number of nitrogens with zero attached hydrogens (tertiary/aromatic N) is 1. The van der Waals surface area contributed by atoms with E-state index in [-0.39, 0.29) is 0 Å². The van der Waals surface area contributed by atoms with Gasteiger partial charge in [-0.1, -0.05) is 31.2 Å². The van der Waals surface area contributed by atoms with Crippen LogP contribution in [-0.4, -0.2) is 30.6 Å². The summed E-state index contributed by atoms with van der Waals surface area (Å²) in [6.45, 7) is 5.96. The van der Waals surface area contributed by atoms with Gasteiger partial charge in [0.15, 0.2) is 0 Å². The molecule has 1 aromatic rings. The van der Waals surface area contributed by atoms with Crippen molar-refractivity contribution in [3.05, 3.63) is 35.4 Å². The molecule has 20 heavy (non-hydrogen) atoms. The summed E-state index contributed by atoms with van der Waals surface area (Å²) in [5.74, 6) is 0. The van der Waals surface area contributed by atoms with Gasteiger partial charge in [-0.05, 0) is 37.3 Å². The largest absolute Gasteiger partial charge is 0.380 e. The van der Waals surface area contributed by atoms with Gasteiger partial charge in [-0.2, -0.15) is 0 Å². The predicted molar refractivity (Wildman–Crippen MR) is 83.6 cm³/mol. The van der Waals surface area contributed by atoms with Crippen molar-refractivity contribution in [3.8, 4) is 0 Å².